The van der Waals surface area contributed by atoms with Crippen molar-refractivity contribution in [3.63, 3.8) is 0 Å². The molecule has 3 saturated carbocycles. The number of carbonyl (C=O) groups is 2. The van der Waals surface area contributed by atoms with E-state index in [1.54, 1.807) is 0 Å². The molecule has 5 rings (SSSR count). The van der Waals surface area contributed by atoms with Gasteiger partial charge in [0.1, 0.15) is 11.6 Å². The van der Waals surface area contributed by atoms with Gasteiger partial charge in [0.15, 0.2) is 6.61 Å². The van der Waals surface area contributed by atoms with Crippen molar-refractivity contribution < 1.29 is 18.7 Å². The summed E-state index contributed by atoms with van der Waals surface area (Å²) in [6.07, 6.45) is 2.96. The highest BCUT2D eigenvalue weighted by Crippen LogP contribution is 2.60. The molecule has 0 radical (unpaired) electrons. The number of aryl methyl sites for hydroxylation is 1. The van der Waals surface area contributed by atoms with Crippen LogP contribution in [0.3, 0.4) is 0 Å². The molecule has 3 aliphatic rings. The van der Waals surface area contributed by atoms with Crippen LogP contribution in [0.15, 0.2) is 42.5 Å². The summed E-state index contributed by atoms with van der Waals surface area (Å²) < 4.78 is 18.7. The first-order valence-corrected chi connectivity index (χ1v) is 10.5. The largest absolute Gasteiger partial charge is 0.484 e. The normalized spacial score (nSPS) is 22.8. The zero-order valence-corrected chi connectivity index (χ0v) is 17.8. The second kappa shape index (κ2) is 8.24. The zero-order valence-electron chi connectivity index (χ0n) is 17.1. The summed E-state index contributed by atoms with van der Waals surface area (Å²) in [7, 11) is 0. The lowest BCUT2D eigenvalue weighted by Crippen LogP contribution is -2.84. The fraction of sp³-hybridized carbons (Fsp3) is 0.333. The number of halogens is 2. The maximum atomic E-state index is 13.4. The van der Waals surface area contributed by atoms with Gasteiger partial charge in [0, 0.05) is 28.6 Å². The number of nitrogens with one attached hydrogen (secondary N) is 2. The van der Waals surface area contributed by atoms with Crippen molar-refractivity contribution in [2.75, 3.05) is 6.61 Å². The molecule has 0 unspecified atom stereocenters. The van der Waals surface area contributed by atoms with Gasteiger partial charge in [-0.25, -0.2) is 4.39 Å². The van der Waals surface area contributed by atoms with Gasteiger partial charge >= 0.3 is 0 Å². The Morgan fingerprint density at radius 2 is 1.77 bits per heavy atom. The van der Waals surface area contributed by atoms with Gasteiger partial charge in [0.05, 0.1) is 5.02 Å². The fourth-order valence-electron chi connectivity index (χ4n) is 4.33. The predicted molar refractivity (Wildman–Crippen MR) is 115 cm³/mol. The standard InChI is InChI=1S/C24H22ClFN2O3/c1-2-16-3-5-17(6-4-16)7-10-21(29)27-23-13-24(14-23,15-23)28-22(30)12-31-18-8-9-19(25)20(26)11-18/h3-6,8-9,11H,2,12-15H2,1H3,(H,27,29)(H,28,30). The SMILES string of the molecule is CCc1ccc(C#CC(=O)NC23CC(NC(=O)COc4ccc(Cl)c(F)c4)(C2)C3)cc1. The summed E-state index contributed by atoms with van der Waals surface area (Å²) >= 11 is 5.63. The molecule has 7 heteroatoms. The summed E-state index contributed by atoms with van der Waals surface area (Å²) in [6, 6.07) is 11.8. The average Bonchev–Trinajstić information content (AvgIpc) is 2.71. The molecule has 2 amide bonds. The third-order valence-corrected chi connectivity index (χ3v) is 6.06. The van der Waals surface area contributed by atoms with E-state index in [9.17, 15) is 14.0 Å². The van der Waals surface area contributed by atoms with Crippen LogP contribution in [0.4, 0.5) is 4.39 Å². The van der Waals surface area contributed by atoms with Gasteiger partial charge < -0.3 is 15.4 Å². The van der Waals surface area contributed by atoms with E-state index in [1.807, 2.05) is 24.3 Å². The van der Waals surface area contributed by atoms with E-state index >= 15 is 0 Å². The quantitative estimate of drug-likeness (QED) is 0.677. The van der Waals surface area contributed by atoms with E-state index in [1.165, 1.54) is 17.7 Å². The van der Waals surface area contributed by atoms with Gasteiger partial charge in [0.2, 0.25) is 0 Å². The van der Waals surface area contributed by atoms with Crippen molar-refractivity contribution in [1.29, 1.82) is 0 Å². The Kier molecular flexibility index (Phi) is 5.63. The number of ether oxygens (including phenoxy) is 1. The Balaban J connectivity index is 1.21. The van der Waals surface area contributed by atoms with E-state index < -0.39 is 5.82 Å². The number of hydrogen-bond donors (Lipinski definition) is 2. The van der Waals surface area contributed by atoms with Crippen molar-refractivity contribution in [2.45, 2.75) is 43.7 Å². The molecule has 2 bridgehead atoms. The van der Waals surface area contributed by atoms with Crippen LogP contribution in [0.2, 0.25) is 5.02 Å². The fourth-order valence-corrected chi connectivity index (χ4v) is 4.44. The molecule has 31 heavy (non-hydrogen) atoms. The number of carbonyl (C=O) groups excluding carboxylic acids is 2. The highest BCUT2D eigenvalue weighted by Gasteiger charge is 2.69. The van der Waals surface area contributed by atoms with Gasteiger partial charge in [0.25, 0.3) is 11.8 Å². The van der Waals surface area contributed by atoms with E-state index in [0.29, 0.717) is 19.3 Å². The Morgan fingerprint density at radius 1 is 1.10 bits per heavy atom. The highest BCUT2D eigenvalue weighted by molar-refractivity contribution is 6.30. The molecule has 0 spiro atoms. The van der Waals surface area contributed by atoms with E-state index in [-0.39, 0.29) is 40.3 Å². The summed E-state index contributed by atoms with van der Waals surface area (Å²) in [4.78, 5) is 24.3. The monoisotopic (exact) mass is 440 g/mol. The molecular weight excluding hydrogens is 419 g/mol. The zero-order chi connectivity index (χ0) is 22.1. The molecule has 0 heterocycles. The summed E-state index contributed by atoms with van der Waals surface area (Å²) in [5.41, 5.74) is 1.43. The van der Waals surface area contributed by atoms with E-state index in [2.05, 4.69) is 29.4 Å². The molecule has 2 aromatic rings. The molecule has 0 aliphatic heterocycles. The van der Waals surface area contributed by atoms with Crippen LogP contribution in [0.1, 0.15) is 37.3 Å². The molecule has 5 nitrogen and oxygen atoms in total. The average molecular weight is 441 g/mol. The summed E-state index contributed by atoms with van der Waals surface area (Å²) in [5, 5.41) is 5.92. The number of amides is 2. The molecule has 2 N–H and O–H groups in total. The lowest BCUT2D eigenvalue weighted by atomic mass is 9.44. The molecule has 3 fully saturated rings. The Morgan fingerprint density at radius 3 is 2.42 bits per heavy atom. The van der Waals surface area contributed by atoms with Gasteiger partial charge in [-0.1, -0.05) is 36.6 Å². The van der Waals surface area contributed by atoms with Crippen LogP contribution in [0.25, 0.3) is 0 Å². The van der Waals surface area contributed by atoms with Crippen LogP contribution in [0.5, 0.6) is 5.75 Å². The minimum atomic E-state index is -0.599. The first-order valence-electron chi connectivity index (χ1n) is 10.1. The van der Waals surface area contributed by atoms with Crippen LogP contribution >= 0.6 is 11.6 Å². The first-order chi connectivity index (χ1) is 14.8. The maximum Gasteiger partial charge on any atom is 0.296 e. The van der Waals surface area contributed by atoms with Crippen LogP contribution in [-0.4, -0.2) is 29.5 Å². The molecule has 160 valence electrons. The molecular formula is C24H22ClFN2O3. The van der Waals surface area contributed by atoms with Crippen LogP contribution in [-0.2, 0) is 16.0 Å². The topological polar surface area (TPSA) is 67.4 Å². The van der Waals surface area contributed by atoms with Crippen molar-refractivity contribution in [3.8, 4) is 17.6 Å². The molecule has 0 aromatic heterocycles. The van der Waals surface area contributed by atoms with Crippen molar-refractivity contribution in [3.05, 3.63) is 64.4 Å². The minimum Gasteiger partial charge on any atom is -0.484 e. The van der Waals surface area contributed by atoms with Gasteiger partial charge in [-0.05, 0) is 55.5 Å². The second-order valence-electron chi connectivity index (χ2n) is 8.26. The Labute approximate surface area is 185 Å². The first kappa shape index (κ1) is 21.2. The smallest absolute Gasteiger partial charge is 0.296 e. The minimum absolute atomic E-state index is 0.00268. The van der Waals surface area contributed by atoms with Crippen molar-refractivity contribution in [1.82, 2.24) is 10.6 Å². The number of benzene rings is 2. The van der Waals surface area contributed by atoms with Crippen molar-refractivity contribution in [2.24, 2.45) is 0 Å². The van der Waals surface area contributed by atoms with Gasteiger partial charge in [-0.15, -0.1) is 0 Å². The van der Waals surface area contributed by atoms with Gasteiger partial charge in [-0.2, -0.15) is 0 Å². The predicted octanol–water partition coefficient (Wildman–Crippen LogP) is 3.38. The van der Waals surface area contributed by atoms with Crippen molar-refractivity contribution >= 4 is 23.4 Å². The molecule has 3 aliphatic carbocycles. The van der Waals surface area contributed by atoms with Gasteiger partial charge in [-0.3, -0.25) is 9.59 Å². The third-order valence-electron chi connectivity index (χ3n) is 5.76. The maximum absolute atomic E-state index is 13.4. The Bertz CT molecular complexity index is 1070. The Hall–Kier alpha value is -3.04. The molecule has 2 aromatic carbocycles. The summed E-state index contributed by atoms with van der Waals surface area (Å²) in [6.45, 7) is 1.87. The van der Waals surface area contributed by atoms with Crippen LogP contribution < -0.4 is 15.4 Å². The second-order valence-corrected chi connectivity index (χ2v) is 8.67. The van der Waals surface area contributed by atoms with E-state index in [4.69, 9.17) is 16.3 Å². The third kappa shape index (κ3) is 4.67. The lowest BCUT2D eigenvalue weighted by molar-refractivity contribution is -0.148. The molecule has 0 saturated heterocycles. The number of rotatable bonds is 6. The summed E-state index contributed by atoms with van der Waals surface area (Å²) in [5.74, 6) is 4.56. The van der Waals surface area contributed by atoms with Crippen LogP contribution in [0, 0.1) is 17.7 Å². The lowest BCUT2D eigenvalue weighted by Gasteiger charge is -2.70. The van der Waals surface area contributed by atoms with E-state index in [0.717, 1.165) is 18.1 Å². The molecule has 0 atom stereocenters. The highest BCUT2D eigenvalue weighted by atomic mass is 35.5. The number of hydrogen-bond acceptors (Lipinski definition) is 3.